The molecule has 1 aromatic heterocycles. The number of amides is 3. The van der Waals surface area contributed by atoms with Crippen molar-refractivity contribution in [1.82, 2.24) is 15.0 Å². The normalized spacial score (nSPS) is 19.5. The van der Waals surface area contributed by atoms with Crippen molar-refractivity contribution in [3.63, 3.8) is 0 Å². The van der Waals surface area contributed by atoms with Gasteiger partial charge in [0.25, 0.3) is 0 Å². The third kappa shape index (κ3) is 5.00. The Morgan fingerprint density at radius 2 is 2.09 bits per heavy atom. The first-order valence-electron chi connectivity index (χ1n) is 10.5. The minimum atomic E-state index is -0.745. The maximum atomic E-state index is 13.9. The highest BCUT2D eigenvalue weighted by Crippen LogP contribution is 2.48. The van der Waals surface area contributed by atoms with Gasteiger partial charge in [0.2, 0.25) is 5.91 Å². The minimum absolute atomic E-state index is 0.130. The van der Waals surface area contributed by atoms with Crippen LogP contribution in [0.3, 0.4) is 0 Å². The van der Waals surface area contributed by atoms with Crippen molar-refractivity contribution < 1.29 is 14.0 Å². The molecular weight excluding hydrogens is 453 g/mol. The van der Waals surface area contributed by atoms with Crippen LogP contribution in [0.2, 0.25) is 5.02 Å². The van der Waals surface area contributed by atoms with E-state index in [0.717, 1.165) is 37.6 Å². The molecule has 1 saturated carbocycles. The Kier molecular flexibility index (Phi) is 6.88. The Bertz CT molecular complexity index is 1000. The lowest BCUT2D eigenvalue weighted by molar-refractivity contribution is -0.121. The van der Waals surface area contributed by atoms with Crippen LogP contribution in [-0.4, -0.2) is 42.3 Å². The Morgan fingerprint density at radius 1 is 1.34 bits per heavy atom. The Balaban J connectivity index is 1.39. The SMILES string of the molecule is CSNCC1(c2ccc(N3CCCC(NC(=O)Nc4ncc(Cl)cc4F)C3=O)cc2)CC1. The molecule has 7 nitrogen and oxygen atoms in total. The van der Waals surface area contributed by atoms with E-state index in [1.165, 1.54) is 11.8 Å². The van der Waals surface area contributed by atoms with Gasteiger partial charge in [-0.1, -0.05) is 35.7 Å². The van der Waals surface area contributed by atoms with Gasteiger partial charge in [0.15, 0.2) is 11.6 Å². The second-order valence-electron chi connectivity index (χ2n) is 8.12. The van der Waals surface area contributed by atoms with Crippen molar-refractivity contribution in [1.29, 1.82) is 0 Å². The van der Waals surface area contributed by atoms with Crippen molar-refractivity contribution >= 4 is 47.0 Å². The highest BCUT2D eigenvalue weighted by atomic mass is 35.5. The molecule has 4 rings (SSSR count). The number of hydrogen-bond donors (Lipinski definition) is 3. The molecule has 1 aromatic carbocycles. The lowest BCUT2D eigenvalue weighted by Gasteiger charge is -2.33. The molecule has 1 unspecified atom stereocenters. The van der Waals surface area contributed by atoms with Crippen molar-refractivity contribution in [2.45, 2.75) is 37.1 Å². The van der Waals surface area contributed by atoms with Crippen molar-refractivity contribution in [2.24, 2.45) is 0 Å². The number of rotatable bonds is 7. The summed E-state index contributed by atoms with van der Waals surface area (Å²) in [5.74, 6) is -1.17. The van der Waals surface area contributed by atoms with Crippen LogP contribution in [0.4, 0.5) is 20.7 Å². The summed E-state index contributed by atoms with van der Waals surface area (Å²) in [6.07, 6.45) is 6.84. The van der Waals surface area contributed by atoms with E-state index in [4.69, 9.17) is 11.6 Å². The first-order chi connectivity index (χ1) is 15.4. The molecular formula is C22H25ClFN5O2S. The second-order valence-corrected chi connectivity index (χ2v) is 9.25. The second kappa shape index (κ2) is 9.64. The van der Waals surface area contributed by atoms with E-state index in [9.17, 15) is 14.0 Å². The van der Waals surface area contributed by atoms with E-state index >= 15 is 0 Å². The predicted octanol–water partition coefficient (Wildman–Crippen LogP) is 4.09. The zero-order valence-electron chi connectivity index (χ0n) is 17.7. The quantitative estimate of drug-likeness (QED) is 0.523. The van der Waals surface area contributed by atoms with E-state index in [0.29, 0.717) is 13.0 Å². The molecule has 1 aliphatic heterocycles. The molecule has 2 heterocycles. The first kappa shape index (κ1) is 22.8. The van der Waals surface area contributed by atoms with Crippen LogP contribution >= 0.6 is 23.5 Å². The van der Waals surface area contributed by atoms with E-state index < -0.39 is 17.9 Å². The molecule has 1 aliphatic carbocycles. The topological polar surface area (TPSA) is 86.4 Å². The molecule has 170 valence electrons. The number of halogens is 2. The fourth-order valence-corrected chi connectivity index (χ4v) is 4.56. The van der Waals surface area contributed by atoms with E-state index in [1.54, 1.807) is 16.8 Å². The van der Waals surface area contributed by atoms with Crippen LogP contribution < -0.4 is 20.3 Å². The number of nitrogens with zero attached hydrogens (tertiary/aromatic N) is 2. The third-order valence-corrected chi connectivity index (χ3v) is 6.62. The van der Waals surface area contributed by atoms with Crippen molar-refractivity contribution in [3.8, 4) is 0 Å². The lowest BCUT2D eigenvalue weighted by atomic mass is 9.95. The van der Waals surface area contributed by atoms with Crippen LogP contribution in [0, 0.1) is 5.82 Å². The Morgan fingerprint density at radius 3 is 2.75 bits per heavy atom. The molecule has 1 saturated heterocycles. The summed E-state index contributed by atoms with van der Waals surface area (Å²) in [4.78, 5) is 30.8. The van der Waals surface area contributed by atoms with Gasteiger partial charge >= 0.3 is 6.03 Å². The number of pyridine rings is 1. The summed E-state index contributed by atoms with van der Waals surface area (Å²) in [7, 11) is 0. The average molecular weight is 478 g/mol. The maximum absolute atomic E-state index is 13.9. The number of nitrogens with one attached hydrogen (secondary N) is 3. The van der Waals surface area contributed by atoms with Crippen LogP contribution in [-0.2, 0) is 10.2 Å². The molecule has 0 spiro atoms. The van der Waals surface area contributed by atoms with E-state index in [-0.39, 0.29) is 22.2 Å². The summed E-state index contributed by atoms with van der Waals surface area (Å²) < 4.78 is 17.2. The van der Waals surface area contributed by atoms with Crippen LogP contribution in [0.1, 0.15) is 31.2 Å². The molecule has 32 heavy (non-hydrogen) atoms. The van der Waals surface area contributed by atoms with Gasteiger partial charge in [0.05, 0.1) is 5.02 Å². The summed E-state index contributed by atoms with van der Waals surface area (Å²) in [5, 5.41) is 5.10. The zero-order valence-corrected chi connectivity index (χ0v) is 19.2. The number of aromatic nitrogens is 1. The average Bonchev–Trinajstić information content (AvgIpc) is 3.57. The molecule has 3 amide bonds. The molecule has 0 bridgehead atoms. The van der Waals surface area contributed by atoms with Crippen LogP contribution in [0.15, 0.2) is 36.5 Å². The van der Waals surface area contributed by atoms with E-state index in [1.807, 2.05) is 18.4 Å². The van der Waals surface area contributed by atoms with Gasteiger partial charge in [-0.25, -0.2) is 14.2 Å². The Hall–Kier alpha value is -2.36. The minimum Gasteiger partial charge on any atom is -0.326 e. The van der Waals surface area contributed by atoms with E-state index in [2.05, 4.69) is 32.5 Å². The van der Waals surface area contributed by atoms with Gasteiger partial charge in [-0.2, -0.15) is 0 Å². The standard InChI is InChI=1S/C22H25ClFN5O2S/c1-32-26-13-22(8-9-22)14-4-6-16(7-5-14)29-10-2-3-18(20(29)30)27-21(31)28-19-17(24)11-15(23)12-25-19/h4-7,11-12,18,26H,2-3,8-10,13H2,1H3,(H2,25,27,28,31). The summed E-state index contributed by atoms with van der Waals surface area (Å²) in [6, 6.07) is 7.81. The molecule has 2 aliphatic rings. The fraction of sp³-hybridized carbons (Fsp3) is 0.409. The zero-order chi connectivity index (χ0) is 22.7. The van der Waals surface area contributed by atoms with Crippen molar-refractivity contribution in [2.75, 3.05) is 29.6 Å². The van der Waals surface area contributed by atoms with Gasteiger partial charge in [-0.15, -0.1) is 0 Å². The highest BCUT2D eigenvalue weighted by molar-refractivity contribution is 7.96. The smallest absolute Gasteiger partial charge is 0.321 e. The number of anilines is 2. The third-order valence-electron chi connectivity index (χ3n) is 5.98. The molecule has 2 aromatic rings. The molecule has 10 heteroatoms. The fourth-order valence-electron chi connectivity index (χ4n) is 4.00. The first-order valence-corrected chi connectivity index (χ1v) is 12.1. The maximum Gasteiger partial charge on any atom is 0.321 e. The molecule has 1 atom stereocenters. The lowest BCUT2D eigenvalue weighted by Crippen LogP contribution is -2.53. The molecule has 0 radical (unpaired) electrons. The number of carbonyl (C=O) groups excluding carboxylic acids is 2. The number of carbonyl (C=O) groups is 2. The Labute approximate surface area is 195 Å². The number of piperidine rings is 1. The van der Waals surface area contributed by atoms with Crippen LogP contribution in [0.25, 0.3) is 0 Å². The molecule has 2 fully saturated rings. The number of hydrogen-bond acceptors (Lipinski definition) is 5. The summed E-state index contributed by atoms with van der Waals surface area (Å²) >= 11 is 7.30. The van der Waals surface area contributed by atoms with Gasteiger partial charge in [0.1, 0.15) is 6.04 Å². The highest BCUT2D eigenvalue weighted by Gasteiger charge is 2.43. The van der Waals surface area contributed by atoms with Gasteiger partial charge in [-0.05, 0) is 55.7 Å². The number of urea groups is 1. The predicted molar refractivity (Wildman–Crippen MR) is 126 cm³/mol. The van der Waals surface area contributed by atoms with Crippen LogP contribution in [0.5, 0.6) is 0 Å². The van der Waals surface area contributed by atoms with Gasteiger partial charge in [0, 0.05) is 30.4 Å². The summed E-state index contributed by atoms with van der Waals surface area (Å²) in [6.45, 7) is 1.52. The van der Waals surface area contributed by atoms with Crippen molar-refractivity contribution in [3.05, 3.63) is 52.9 Å². The molecule has 3 N–H and O–H groups in total. The largest absolute Gasteiger partial charge is 0.326 e. The van der Waals surface area contributed by atoms with Gasteiger partial charge < -0.3 is 10.2 Å². The number of benzene rings is 1. The summed E-state index contributed by atoms with van der Waals surface area (Å²) in [5.41, 5.74) is 2.28. The van der Waals surface area contributed by atoms with Gasteiger partial charge in [-0.3, -0.25) is 14.8 Å². The monoisotopic (exact) mass is 477 g/mol.